The second-order valence-corrected chi connectivity index (χ2v) is 9.73. The number of pyridine rings is 1. The molecular weight excluding hydrogens is 645 g/mol. The van der Waals surface area contributed by atoms with Crippen molar-refractivity contribution in [3.05, 3.63) is 83.2 Å². The number of hydrogen-bond donors (Lipinski definition) is 3. The number of aromatic nitrogens is 6. The zero-order valence-corrected chi connectivity index (χ0v) is 24.3. The topological polar surface area (TPSA) is 150 Å². The standard InChI is InChI=1S/C27H21ClF5N9O4/c1-13(45-2)22-18(11-34-21-8-20(28)40-42(21)22)39-26(44)38-14-7-17(27(31,32)33)23(35-9-14)41-12-15(10-36-41)37-24(43)16-5-3-4-6-19(16)46-25(29)30/h3-13,25H,1-2H3,(H,37,43)(H2,38,39,44)/t13-/m0/s1. The highest BCUT2D eigenvalue weighted by molar-refractivity contribution is 6.29. The molecule has 240 valence electrons. The van der Waals surface area contributed by atoms with Crippen LogP contribution in [0.15, 0.2) is 61.2 Å². The summed E-state index contributed by atoms with van der Waals surface area (Å²) in [5, 5.41) is 15.3. The molecule has 4 aromatic heterocycles. The van der Waals surface area contributed by atoms with Gasteiger partial charge in [0.05, 0.1) is 59.2 Å². The van der Waals surface area contributed by atoms with Gasteiger partial charge in [0.2, 0.25) is 0 Å². The summed E-state index contributed by atoms with van der Waals surface area (Å²) in [4.78, 5) is 33.5. The third-order valence-electron chi connectivity index (χ3n) is 6.31. The number of carbonyl (C=O) groups excluding carboxylic acids is 2. The second kappa shape index (κ2) is 12.9. The number of hydrogen-bond acceptors (Lipinski definition) is 8. The molecule has 1 atom stereocenters. The van der Waals surface area contributed by atoms with E-state index in [1.54, 1.807) is 6.92 Å². The molecule has 0 aliphatic rings. The minimum Gasteiger partial charge on any atom is -0.434 e. The molecule has 3 amide bonds. The van der Waals surface area contributed by atoms with Crippen LogP contribution < -0.4 is 20.7 Å². The Morgan fingerprint density at radius 2 is 1.76 bits per heavy atom. The predicted molar refractivity (Wildman–Crippen MR) is 153 cm³/mol. The van der Waals surface area contributed by atoms with Crippen LogP contribution in [0.4, 0.5) is 43.8 Å². The molecule has 5 rings (SSSR count). The van der Waals surface area contributed by atoms with Crippen LogP contribution in [0.5, 0.6) is 5.75 Å². The molecule has 0 aliphatic heterocycles. The minimum atomic E-state index is -4.95. The molecule has 3 N–H and O–H groups in total. The molecule has 0 saturated carbocycles. The highest BCUT2D eigenvalue weighted by atomic mass is 35.5. The smallest absolute Gasteiger partial charge is 0.420 e. The molecule has 4 heterocycles. The van der Waals surface area contributed by atoms with E-state index in [1.807, 2.05) is 0 Å². The first-order chi connectivity index (χ1) is 21.8. The molecule has 0 unspecified atom stereocenters. The molecule has 1 aromatic carbocycles. The number of nitrogens with one attached hydrogen (secondary N) is 3. The number of amides is 3. The molecule has 0 bridgehead atoms. The molecule has 0 radical (unpaired) electrons. The number of alkyl halides is 5. The SMILES string of the molecule is CO[C@@H](C)c1c(NC(=O)Nc2cnc(-n3cc(NC(=O)c4ccccc4OC(F)F)cn3)c(C(F)(F)F)c2)cnc2cc(Cl)nn12. The fourth-order valence-corrected chi connectivity index (χ4v) is 4.45. The zero-order valence-electron chi connectivity index (χ0n) is 23.5. The van der Waals surface area contributed by atoms with E-state index in [-0.39, 0.29) is 27.8 Å². The van der Waals surface area contributed by atoms with Gasteiger partial charge in [0, 0.05) is 13.2 Å². The Labute approximate surface area is 260 Å². The van der Waals surface area contributed by atoms with Crippen molar-refractivity contribution in [1.82, 2.24) is 29.4 Å². The van der Waals surface area contributed by atoms with E-state index in [2.05, 4.69) is 40.9 Å². The van der Waals surface area contributed by atoms with E-state index in [1.165, 1.54) is 42.1 Å². The summed E-state index contributed by atoms with van der Waals surface area (Å²) in [5.41, 5.74) is -1.02. The largest absolute Gasteiger partial charge is 0.434 e. The third-order valence-corrected chi connectivity index (χ3v) is 6.50. The second-order valence-electron chi connectivity index (χ2n) is 9.35. The van der Waals surface area contributed by atoms with Gasteiger partial charge < -0.3 is 25.4 Å². The Kier molecular flexibility index (Phi) is 9.01. The first-order valence-electron chi connectivity index (χ1n) is 13.0. The van der Waals surface area contributed by atoms with Gasteiger partial charge in [-0.2, -0.15) is 32.1 Å². The van der Waals surface area contributed by atoms with Gasteiger partial charge in [0.25, 0.3) is 5.91 Å². The molecule has 13 nitrogen and oxygen atoms in total. The van der Waals surface area contributed by atoms with E-state index in [9.17, 15) is 31.5 Å². The van der Waals surface area contributed by atoms with Gasteiger partial charge in [-0.3, -0.25) is 4.79 Å². The monoisotopic (exact) mass is 665 g/mol. The van der Waals surface area contributed by atoms with Crippen molar-refractivity contribution >= 4 is 46.2 Å². The van der Waals surface area contributed by atoms with Crippen LogP contribution in [0.2, 0.25) is 5.15 Å². The number of carbonyl (C=O) groups is 2. The van der Waals surface area contributed by atoms with Gasteiger partial charge >= 0.3 is 18.8 Å². The third kappa shape index (κ3) is 6.97. The Morgan fingerprint density at radius 3 is 2.48 bits per heavy atom. The Hall–Kier alpha value is -5.36. The highest BCUT2D eigenvalue weighted by Crippen LogP contribution is 2.35. The summed E-state index contributed by atoms with van der Waals surface area (Å²) in [6.45, 7) is -1.51. The van der Waals surface area contributed by atoms with Crippen molar-refractivity contribution in [2.45, 2.75) is 25.8 Å². The number of halogens is 6. The van der Waals surface area contributed by atoms with Gasteiger partial charge in [-0.05, 0) is 25.1 Å². The van der Waals surface area contributed by atoms with Crippen molar-refractivity contribution in [3.63, 3.8) is 0 Å². The summed E-state index contributed by atoms with van der Waals surface area (Å²) in [5.74, 6) is -1.96. The van der Waals surface area contributed by atoms with Crippen LogP contribution in [0, 0.1) is 0 Å². The number of methoxy groups -OCH3 is 1. The minimum absolute atomic E-state index is 0.0708. The summed E-state index contributed by atoms with van der Waals surface area (Å²) in [6.07, 6.45) is -1.19. The first-order valence-corrected chi connectivity index (χ1v) is 13.3. The lowest BCUT2D eigenvalue weighted by molar-refractivity contribution is -0.137. The molecule has 0 spiro atoms. The molecule has 19 heteroatoms. The van der Waals surface area contributed by atoms with Crippen LogP contribution in [0.3, 0.4) is 0 Å². The fraction of sp³-hybridized carbons (Fsp3) is 0.185. The quantitative estimate of drug-likeness (QED) is 0.158. The van der Waals surface area contributed by atoms with Crippen LogP contribution in [-0.4, -0.2) is 55.0 Å². The van der Waals surface area contributed by atoms with Gasteiger partial charge in [-0.15, -0.1) is 0 Å². The Balaban J connectivity index is 1.36. The van der Waals surface area contributed by atoms with Crippen molar-refractivity contribution < 1.29 is 41.0 Å². The normalized spacial score (nSPS) is 12.3. The average molecular weight is 666 g/mol. The number of urea groups is 1. The van der Waals surface area contributed by atoms with Crippen LogP contribution in [0.1, 0.15) is 34.6 Å². The molecular formula is C27H21ClF5N9O4. The van der Waals surface area contributed by atoms with Crippen molar-refractivity contribution in [3.8, 4) is 11.6 Å². The maximum absolute atomic E-state index is 14.1. The van der Waals surface area contributed by atoms with Gasteiger partial charge in [-0.1, -0.05) is 23.7 Å². The average Bonchev–Trinajstić information content (AvgIpc) is 3.61. The summed E-state index contributed by atoms with van der Waals surface area (Å²) in [7, 11) is 1.43. The van der Waals surface area contributed by atoms with Gasteiger partial charge in [0.15, 0.2) is 16.6 Å². The van der Waals surface area contributed by atoms with Crippen LogP contribution in [-0.2, 0) is 10.9 Å². The molecule has 0 saturated heterocycles. The van der Waals surface area contributed by atoms with Crippen LogP contribution in [0.25, 0.3) is 11.5 Å². The first kappa shape index (κ1) is 32.0. The predicted octanol–water partition coefficient (Wildman–Crippen LogP) is 6.19. The maximum atomic E-state index is 14.1. The Morgan fingerprint density at radius 1 is 1.00 bits per heavy atom. The van der Waals surface area contributed by atoms with E-state index in [0.29, 0.717) is 17.4 Å². The number of ether oxygens (including phenoxy) is 2. The molecule has 0 fully saturated rings. The molecule has 5 aromatic rings. The number of rotatable bonds is 9. The number of fused-ring (bicyclic) bond motifs is 1. The number of anilines is 3. The number of para-hydroxylation sites is 1. The van der Waals surface area contributed by atoms with Crippen molar-refractivity contribution in [2.75, 3.05) is 23.1 Å². The Bertz CT molecular complexity index is 1910. The van der Waals surface area contributed by atoms with E-state index in [0.717, 1.165) is 29.3 Å². The van der Waals surface area contributed by atoms with Crippen LogP contribution >= 0.6 is 11.6 Å². The van der Waals surface area contributed by atoms with Crippen molar-refractivity contribution in [1.29, 1.82) is 0 Å². The lowest BCUT2D eigenvalue weighted by atomic mass is 10.2. The lowest BCUT2D eigenvalue weighted by Gasteiger charge is -2.17. The molecule has 46 heavy (non-hydrogen) atoms. The summed E-state index contributed by atoms with van der Waals surface area (Å²) in [6, 6.07) is 6.39. The van der Waals surface area contributed by atoms with Gasteiger partial charge in [-0.25, -0.2) is 24.0 Å². The maximum Gasteiger partial charge on any atom is 0.420 e. The number of benzene rings is 1. The summed E-state index contributed by atoms with van der Waals surface area (Å²) >= 11 is 5.98. The number of nitrogens with zero attached hydrogens (tertiary/aromatic N) is 6. The van der Waals surface area contributed by atoms with Gasteiger partial charge in [0.1, 0.15) is 11.3 Å². The van der Waals surface area contributed by atoms with Crippen molar-refractivity contribution in [2.24, 2.45) is 0 Å². The highest BCUT2D eigenvalue weighted by Gasteiger charge is 2.36. The fourth-order valence-electron chi connectivity index (χ4n) is 4.28. The molecule has 0 aliphatic carbocycles. The van der Waals surface area contributed by atoms with E-state index in [4.69, 9.17) is 16.3 Å². The van der Waals surface area contributed by atoms with E-state index >= 15 is 0 Å². The zero-order chi connectivity index (χ0) is 33.2. The lowest BCUT2D eigenvalue weighted by Crippen LogP contribution is -2.23. The summed E-state index contributed by atoms with van der Waals surface area (Å²) < 4.78 is 79.6. The van der Waals surface area contributed by atoms with E-state index < -0.39 is 48.0 Å².